The molecule has 0 unspecified atom stereocenters. The Morgan fingerprint density at radius 2 is 2.08 bits per heavy atom. The number of methoxy groups -OCH3 is 1. The van der Waals surface area contributed by atoms with Gasteiger partial charge in [-0.15, -0.1) is 0 Å². The lowest BCUT2D eigenvalue weighted by Crippen LogP contribution is -2.26. The summed E-state index contributed by atoms with van der Waals surface area (Å²) < 4.78 is 62.4. The first-order valence-electron chi connectivity index (χ1n) is 7.03. The molecule has 0 radical (unpaired) electrons. The van der Waals surface area contributed by atoms with Crippen LogP contribution in [0.5, 0.6) is 0 Å². The molecule has 0 fully saturated rings. The SMILES string of the molecule is COCCNC(=O)c1ccc(Cn2nc(C(F)F)c(Cl)c2C(F)F)o1. The maximum Gasteiger partial charge on any atom is 0.287 e. The number of hydrogen-bond donors (Lipinski definition) is 1. The summed E-state index contributed by atoms with van der Waals surface area (Å²) in [4.78, 5) is 11.8. The molecule has 0 saturated carbocycles. The number of carbonyl (C=O) groups is 1. The van der Waals surface area contributed by atoms with E-state index >= 15 is 0 Å². The molecule has 2 aromatic heterocycles. The molecular weight excluding hydrogens is 370 g/mol. The van der Waals surface area contributed by atoms with E-state index in [2.05, 4.69) is 10.4 Å². The Morgan fingerprint density at radius 3 is 2.68 bits per heavy atom. The predicted molar refractivity (Wildman–Crippen MR) is 79.2 cm³/mol. The number of aromatic nitrogens is 2. The third kappa shape index (κ3) is 4.51. The molecule has 0 aliphatic heterocycles. The van der Waals surface area contributed by atoms with Crippen molar-refractivity contribution in [3.8, 4) is 0 Å². The molecule has 1 amide bonds. The fourth-order valence-electron chi connectivity index (χ4n) is 2.03. The molecule has 0 aromatic carbocycles. The maximum absolute atomic E-state index is 13.1. The molecule has 0 spiro atoms. The fourth-order valence-corrected chi connectivity index (χ4v) is 2.33. The lowest BCUT2D eigenvalue weighted by atomic mass is 10.3. The van der Waals surface area contributed by atoms with Gasteiger partial charge in [0.1, 0.15) is 17.1 Å². The zero-order chi connectivity index (χ0) is 18.6. The lowest BCUT2D eigenvalue weighted by Gasteiger charge is -2.05. The van der Waals surface area contributed by atoms with Crippen molar-refractivity contribution >= 4 is 17.5 Å². The number of nitrogens with zero attached hydrogens (tertiary/aromatic N) is 2. The van der Waals surface area contributed by atoms with E-state index in [0.29, 0.717) is 11.3 Å². The summed E-state index contributed by atoms with van der Waals surface area (Å²) >= 11 is 5.56. The first kappa shape index (κ1) is 19.3. The van der Waals surface area contributed by atoms with Crippen molar-refractivity contribution in [1.82, 2.24) is 15.1 Å². The number of ether oxygens (including phenoxy) is 1. The Hall–Kier alpha value is -2.07. The Balaban J connectivity index is 2.18. The highest BCUT2D eigenvalue weighted by Crippen LogP contribution is 2.34. The molecule has 0 bridgehead atoms. The topological polar surface area (TPSA) is 69.3 Å². The molecule has 2 heterocycles. The average Bonchev–Trinajstić information content (AvgIpc) is 3.12. The third-order valence-electron chi connectivity index (χ3n) is 3.15. The Labute approximate surface area is 144 Å². The van der Waals surface area contributed by atoms with Crippen molar-refractivity contribution < 1.29 is 31.5 Å². The average molecular weight is 384 g/mol. The Bertz CT molecular complexity index is 733. The van der Waals surface area contributed by atoms with E-state index in [0.717, 1.165) is 0 Å². The summed E-state index contributed by atoms with van der Waals surface area (Å²) in [5.41, 5.74) is -1.76. The minimum absolute atomic E-state index is 0.0583. The van der Waals surface area contributed by atoms with Gasteiger partial charge in [-0.05, 0) is 12.1 Å². The highest BCUT2D eigenvalue weighted by atomic mass is 35.5. The van der Waals surface area contributed by atoms with Crippen molar-refractivity contribution in [3.63, 3.8) is 0 Å². The molecule has 138 valence electrons. The first-order valence-corrected chi connectivity index (χ1v) is 7.41. The summed E-state index contributed by atoms with van der Waals surface area (Å²) in [6, 6.07) is 2.69. The molecule has 11 heteroatoms. The largest absolute Gasteiger partial charge is 0.454 e. The van der Waals surface area contributed by atoms with E-state index in [1.54, 1.807) is 0 Å². The van der Waals surface area contributed by atoms with Crippen LogP contribution in [0.4, 0.5) is 17.6 Å². The molecule has 0 saturated heterocycles. The minimum atomic E-state index is -3.10. The van der Waals surface area contributed by atoms with E-state index in [4.69, 9.17) is 20.8 Å². The molecule has 0 aliphatic rings. The van der Waals surface area contributed by atoms with E-state index in [9.17, 15) is 22.4 Å². The monoisotopic (exact) mass is 383 g/mol. The van der Waals surface area contributed by atoms with Crippen LogP contribution < -0.4 is 5.32 Å². The minimum Gasteiger partial charge on any atom is -0.454 e. The van der Waals surface area contributed by atoms with Gasteiger partial charge in [-0.3, -0.25) is 9.48 Å². The number of alkyl halides is 4. The van der Waals surface area contributed by atoms with Crippen LogP contribution >= 0.6 is 11.6 Å². The second-order valence-electron chi connectivity index (χ2n) is 4.86. The van der Waals surface area contributed by atoms with Gasteiger partial charge in [-0.2, -0.15) is 5.10 Å². The second-order valence-corrected chi connectivity index (χ2v) is 5.24. The summed E-state index contributed by atoms with van der Waals surface area (Å²) in [7, 11) is 1.47. The summed E-state index contributed by atoms with van der Waals surface area (Å²) in [6.07, 6.45) is -6.19. The van der Waals surface area contributed by atoms with Crippen LogP contribution in [-0.4, -0.2) is 35.9 Å². The van der Waals surface area contributed by atoms with Crippen LogP contribution in [0.25, 0.3) is 0 Å². The summed E-state index contributed by atoms with van der Waals surface area (Å²) in [5.74, 6) is -0.500. The van der Waals surface area contributed by atoms with E-state index < -0.39 is 35.2 Å². The highest BCUT2D eigenvalue weighted by Gasteiger charge is 2.28. The quantitative estimate of drug-likeness (QED) is 0.560. The highest BCUT2D eigenvalue weighted by molar-refractivity contribution is 6.32. The lowest BCUT2D eigenvalue weighted by molar-refractivity contribution is 0.0907. The van der Waals surface area contributed by atoms with Gasteiger partial charge in [0.2, 0.25) is 0 Å². The molecule has 0 atom stereocenters. The van der Waals surface area contributed by atoms with Gasteiger partial charge in [0.25, 0.3) is 18.8 Å². The van der Waals surface area contributed by atoms with Crippen LogP contribution in [0.1, 0.15) is 40.6 Å². The van der Waals surface area contributed by atoms with Crippen molar-refractivity contribution in [2.75, 3.05) is 20.3 Å². The van der Waals surface area contributed by atoms with Crippen LogP contribution in [0.2, 0.25) is 5.02 Å². The fraction of sp³-hybridized carbons (Fsp3) is 0.429. The maximum atomic E-state index is 13.1. The molecule has 0 aliphatic carbocycles. The molecule has 6 nitrogen and oxygen atoms in total. The van der Waals surface area contributed by atoms with Crippen LogP contribution in [0.15, 0.2) is 16.5 Å². The zero-order valence-electron chi connectivity index (χ0n) is 12.9. The summed E-state index contributed by atoms with van der Waals surface area (Å²) in [5, 5.41) is 5.15. The third-order valence-corrected chi connectivity index (χ3v) is 3.54. The Morgan fingerprint density at radius 1 is 1.36 bits per heavy atom. The van der Waals surface area contributed by atoms with Gasteiger partial charge in [0.05, 0.1) is 18.2 Å². The van der Waals surface area contributed by atoms with Crippen LogP contribution in [0, 0.1) is 0 Å². The molecular formula is C14H14ClF4N3O3. The van der Waals surface area contributed by atoms with Gasteiger partial charge in [-0.25, -0.2) is 17.6 Å². The predicted octanol–water partition coefficient (Wildman–Crippen LogP) is 3.43. The Kier molecular flexibility index (Phi) is 6.43. The molecule has 1 N–H and O–H groups in total. The van der Waals surface area contributed by atoms with Gasteiger partial charge >= 0.3 is 0 Å². The number of furan rings is 1. The number of rotatable bonds is 8. The van der Waals surface area contributed by atoms with Crippen molar-refractivity contribution in [1.29, 1.82) is 0 Å². The molecule has 25 heavy (non-hydrogen) atoms. The van der Waals surface area contributed by atoms with E-state index in [-0.39, 0.29) is 24.6 Å². The number of amides is 1. The van der Waals surface area contributed by atoms with Crippen LogP contribution in [0.3, 0.4) is 0 Å². The second kappa shape index (κ2) is 8.34. The van der Waals surface area contributed by atoms with Crippen LogP contribution in [-0.2, 0) is 11.3 Å². The number of carbonyl (C=O) groups excluding carboxylic acids is 1. The van der Waals surface area contributed by atoms with E-state index in [1.807, 2.05) is 0 Å². The first-order chi connectivity index (χ1) is 11.8. The summed E-state index contributed by atoms with van der Waals surface area (Å²) in [6.45, 7) is 0.185. The number of halogens is 5. The van der Waals surface area contributed by atoms with Crippen molar-refractivity contribution in [2.24, 2.45) is 0 Å². The molecule has 2 aromatic rings. The van der Waals surface area contributed by atoms with Gasteiger partial charge < -0.3 is 14.5 Å². The zero-order valence-corrected chi connectivity index (χ0v) is 13.7. The number of hydrogen-bond acceptors (Lipinski definition) is 4. The van der Waals surface area contributed by atoms with Gasteiger partial charge in [-0.1, -0.05) is 11.6 Å². The van der Waals surface area contributed by atoms with Gasteiger partial charge in [0.15, 0.2) is 5.76 Å². The standard InChI is InChI=1S/C14H14ClF4N3O3/c1-24-5-4-20-14(23)8-3-2-7(25-8)6-22-11(13(18)19)9(15)10(21-22)12(16)17/h2-3,12-13H,4-6H2,1H3,(H,20,23). The van der Waals surface area contributed by atoms with E-state index in [1.165, 1.54) is 19.2 Å². The smallest absolute Gasteiger partial charge is 0.287 e. The van der Waals surface area contributed by atoms with Crippen molar-refractivity contribution in [3.05, 3.63) is 40.1 Å². The molecule has 2 rings (SSSR count). The van der Waals surface area contributed by atoms with Gasteiger partial charge in [0, 0.05) is 13.7 Å². The normalized spacial score (nSPS) is 11.5. The van der Waals surface area contributed by atoms with Crippen molar-refractivity contribution in [2.45, 2.75) is 19.4 Å². The number of nitrogens with one attached hydrogen (secondary N) is 1.